The Hall–Kier alpha value is -1.10. The Labute approximate surface area is 103 Å². The minimum absolute atomic E-state index is 0.126. The Kier molecular flexibility index (Phi) is 5.97. The van der Waals surface area contributed by atoms with Gasteiger partial charge in [0.25, 0.3) is 0 Å². The number of rotatable bonds is 5. The summed E-state index contributed by atoms with van der Waals surface area (Å²) in [5.74, 6) is 0.270. The Balaban J connectivity index is 2.14. The summed E-state index contributed by atoms with van der Waals surface area (Å²) in [6.45, 7) is 8.52. The van der Waals surface area contributed by atoms with Gasteiger partial charge in [-0.25, -0.2) is 0 Å². The highest BCUT2D eigenvalue weighted by Crippen LogP contribution is 2.02. The van der Waals surface area contributed by atoms with E-state index in [1.54, 1.807) is 6.92 Å². The van der Waals surface area contributed by atoms with Crippen molar-refractivity contribution in [2.45, 2.75) is 26.7 Å². The minimum atomic E-state index is 0.126. The smallest absolute Gasteiger partial charge is 0.221 e. The summed E-state index contributed by atoms with van der Waals surface area (Å²) in [4.78, 5) is 26.6. The van der Waals surface area contributed by atoms with Gasteiger partial charge in [-0.1, -0.05) is 6.92 Å². The molecule has 17 heavy (non-hydrogen) atoms. The molecule has 5 heteroatoms. The van der Waals surface area contributed by atoms with Crippen LogP contribution in [-0.4, -0.2) is 60.9 Å². The molecule has 0 bridgehead atoms. The molecule has 0 aromatic heterocycles. The molecule has 2 amide bonds. The SMILES string of the molecule is CCCNC(=O)CCN1CCN(C(C)=O)CC1. The summed E-state index contributed by atoms with van der Waals surface area (Å²) in [7, 11) is 0. The standard InChI is InChI=1S/C12H23N3O2/c1-3-5-13-12(17)4-6-14-7-9-15(10-8-14)11(2)16/h3-10H2,1-2H3,(H,13,17). The Bertz CT molecular complexity index is 260. The van der Waals surface area contributed by atoms with E-state index in [1.165, 1.54) is 0 Å². The van der Waals surface area contributed by atoms with Crippen molar-refractivity contribution in [3.05, 3.63) is 0 Å². The molecule has 0 unspecified atom stereocenters. The predicted octanol–water partition coefficient (Wildman–Crippen LogP) is 0.0668. The molecular weight excluding hydrogens is 218 g/mol. The van der Waals surface area contributed by atoms with Gasteiger partial charge in [0.1, 0.15) is 0 Å². The van der Waals surface area contributed by atoms with Gasteiger partial charge in [0.15, 0.2) is 0 Å². The number of nitrogens with one attached hydrogen (secondary N) is 1. The number of piperazine rings is 1. The normalized spacial score (nSPS) is 16.9. The van der Waals surface area contributed by atoms with E-state index in [0.29, 0.717) is 6.42 Å². The van der Waals surface area contributed by atoms with Gasteiger partial charge in [-0.3, -0.25) is 14.5 Å². The minimum Gasteiger partial charge on any atom is -0.356 e. The molecule has 0 aromatic carbocycles. The van der Waals surface area contributed by atoms with E-state index in [4.69, 9.17) is 0 Å². The van der Waals surface area contributed by atoms with Crippen molar-refractivity contribution < 1.29 is 9.59 Å². The third-order valence-corrected chi connectivity index (χ3v) is 3.04. The van der Waals surface area contributed by atoms with Crippen molar-refractivity contribution in [1.82, 2.24) is 15.1 Å². The highest BCUT2D eigenvalue weighted by molar-refractivity contribution is 5.76. The summed E-state index contributed by atoms with van der Waals surface area (Å²) in [6, 6.07) is 0. The number of carbonyl (C=O) groups excluding carboxylic acids is 2. The summed E-state index contributed by atoms with van der Waals surface area (Å²) in [6.07, 6.45) is 1.53. The van der Waals surface area contributed by atoms with Crippen LogP contribution in [0.25, 0.3) is 0 Å². The van der Waals surface area contributed by atoms with Gasteiger partial charge < -0.3 is 10.2 Å². The molecule has 0 atom stereocenters. The molecule has 0 aromatic rings. The van der Waals surface area contributed by atoms with Crippen LogP contribution in [0.2, 0.25) is 0 Å². The van der Waals surface area contributed by atoms with E-state index in [9.17, 15) is 9.59 Å². The van der Waals surface area contributed by atoms with Gasteiger partial charge in [-0.15, -0.1) is 0 Å². The molecule has 0 saturated carbocycles. The molecule has 0 radical (unpaired) electrons. The first-order valence-electron chi connectivity index (χ1n) is 6.38. The number of carbonyl (C=O) groups is 2. The van der Waals surface area contributed by atoms with E-state index in [-0.39, 0.29) is 11.8 Å². The van der Waals surface area contributed by atoms with E-state index >= 15 is 0 Å². The summed E-state index contributed by atoms with van der Waals surface area (Å²) in [5.41, 5.74) is 0. The second-order valence-electron chi connectivity index (χ2n) is 4.45. The first-order valence-corrected chi connectivity index (χ1v) is 6.38. The van der Waals surface area contributed by atoms with E-state index < -0.39 is 0 Å². The maximum Gasteiger partial charge on any atom is 0.221 e. The van der Waals surface area contributed by atoms with Crippen LogP contribution >= 0.6 is 0 Å². The van der Waals surface area contributed by atoms with Crippen LogP contribution in [-0.2, 0) is 9.59 Å². The molecule has 98 valence electrons. The fourth-order valence-electron chi connectivity index (χ4n) is 1.90. The molecule has 1 saturated heterocycles. The topological polar surface area (TPSA) is 52.7 Å². The molecular formula is C12H23N3O2. The Morgan fingerprint density at radius 2 is 1.82 bits per heavy atom. The molecule has 1 fully saturated rings. The summed E-state index contributed by atoms with van der Waals surface area (Å²) in [5, 5.41) is 2.87. The summed E-state index contributed by atoms with van der Waals surface area (Å²) < 4.78 is 0. The van der Waals surface area contributed by atoms with Gasteiger partial charge in [0, 0.05) is 52.6 Å². The molecule has 0 aliphatic carbocycles. The second kappa shape index (κ2) is 7.27. The second-order valence-corrected chi connectivity index (χ2v) is 4.45. The van der Waals surface area contributed by atoms with Crippen molar-refractivity contribution in [1.29, 1.82) is 0 Å². The van der Waals surface area contributed by atoms with Crippen LogP contribution in [0.5, 0.6) is 0 Å². The van der Waals surface area contributed by atoms with Crippen LogP contribution in [0.3, 0.4) is 0 Å². The van der Waals surface area contributed by atoms with Gasteiger partial charge in [0.05, 0.1) is 0 Å². The maximum atomic E-state index is 11.4. The molecule has 1 rings (SSSR count). The Morgan fingerprint density at radius 1 is 1.18 bits per heavy atom. The van der Waals surface area contributed by atoms with Crippen LogP contribution < -0.4 is 5.32 Å². The van der Waals surface area contributed by atoms with Crippen molar-refractivity contribution in [3.8, 4) is 0 Å². The third kappa shape index (κ3) is 5.17. The van der Waals surface area contributed by atoms with Crippen LogP contribution in [0.1, 0.15) is 26.7 Å². The lowest BCUT2D eigenvalue weighted by molar-refractivity contribution is -0.131. The zero-order chi connectivity index (χ0) is 12.7. The largest absolute Gasteiger partial charge is 0.356 e. The highest BCUT2D eigenvalue weighted by atomic mass is 16.2. The van der Waals surface area contributed by atoms with E-state index in [2.05, 4.69) is 10.2 Å². The Morgan fingerprint density at radius 3 is 2.35 bits per heavy atom. The van der Waals surface area contributed by atoms with Gasteiger partial charge >= 0.3 is 0 Å². The molecule has 0 spiro atoms. The summed E-state index contributed by atoms with van der Waals surface area (Å²) >= 11 is 0. The predicted molar refractivity (Wildman–Crippen MR) is 66.6 cm³/mol. The fraction of sp³-hybridized carbons (Fsp3) is 0.833. The zero-order valence-corrected chi connectivity index (χ0v) is 10.9. The van der Waals surface area contributed by atoms with Crippen LogP contribution in [0.4, 0.5) is 0 Å². The molecule has 5 nitrogen and oxygen atoms in total. The molecule has 1 aliphatic heterocycles. The lowest BCUT2D eigenvalue weighted by Crippen LogP contribution is -2.48. The first-order chi connectivity index (χ1) is 8.13. The van der Waals surface area contributed by atoms with E-state index in [0.717, 1.165) is 45.7 Å². The van der Waals surface area contributed by atoms with Crippen molar-refractivity contribution in [2.75, 3.05) is 39.3 Å². The van der Waals surface area contributed by atoms with Crippen molar-refractivity contribution >= 4 is 11.8 Å². The maximum absolute atomic E-state index is 11.4. The zero-order valence-electron chi connectivity index (χ0n) is 10.9. The number of nitrogens with zero attached hydrogens (tertiary/aromatic N) is 2. The third-order valence-electron chi connectivity index (χ3n) is 3.04. The van der Waals surface area contributed by atoms with Gasteiger partial charge in [0.2, 0.25) is 11.8 Å². The molecule has 1 aliphatic rings. The number of hydrogen-bond acceptors (Lipinski definition) is 3. The van der Waals surface area contributed by atoms with Gasteiger partial charge in [-0.2, -0.15) is 0 Å². The lowest BCUT2D eigenvalue weighted by atomic mass is 10.2. The molecule has 1 heterocycles. The highest BCUT2D eigenvalue weighted by Gasteiger charge is 2.18. The van der Waals surface area contributed by atoms with Gasteiger partial charge in [-0.05, 0) is 6.42 Å². The average molecular weight is 241 g/mol. The van der Waals surface area contributed by atoms with Crippen LogP contribution in [0, 0.1) is 0 Å². The van der Waals surface area contributed by atoms with E-state index in [1.807, 2.05) is 11.8 Å². The number of hydrogen-bond donors (Lipinski definition) is 1. The fourth-order valence-corrected chi connectivity index (χ4v) is 1.90. The first kappa shape index (κ1) is 14.0. The lowest BCUT2D eigenvalue weighted by Gasteiger charge is -2.34. The number of amides is 2. The molecule has 1 N–H and O–H groups in total. The average Bonchev–Trinajstić information content (AvgIpc) is 2.34. The van der Waals surface area contributed by atoms with Crippen LogP contribution in [0.15, 0.2) is 0 Å². The van der Waals surface area contributed by atoms with Crippen molar-refractivity contribution in [2.24, 2.45) is 0 Å². The monoisotopic (exact) mass is 241 g/mol. The van der Waals surface area contributed by atoms with Crippen molar-refractivity contribution in [3.63, 3.8) is 0 Å². The quantitative estimate of drug-likeness (QED) is 0.741.